The van der Waals surface area contributed by atoms with Crippen molar-refractivity contribution in [1.82, 2.24) is 9.78 Å². The van der Waals surface area contributed by atoms with Crippen LogP contribution in [0.25, 0.3) is 5.69 Å². The Labute approximate surface area is 162 Å². The fourth-order valence-corrected chi connectivity index (χ4v) is 3.21. The first-order chi connectivity index (χ1) is 12.8. The second-order valence-electron chi connectivity index (χ2n) is 7.95. The maximum atomic E-state index is 12.0. The van der Waals surface area contributed by atoms with Crippen molar-refractivity contribution in [3.63, 3.8) is 0 Å². The fourth-order valence-electron chi connectivity index (χ4n) is 3.21. The molecule has 27 heavy (non-hydrogen) atoms. The molecule has 0 aliphatic heterocycles. The Balaban J connectivity index is 2.48. The number of hydrogen-bond acceptors (Lipinski definition) is 2. The summed E-state index contributed by atoms with van der Waals surface area (Å²) in [7, 11) is 0. The summed E-state index contributed by atoms with van der Waals surface area (Å²) in [6.07, 6.45) is 8.21. The van der Waals surface area contributed by atoms with Crippen LogP contribution in [0.3, 0.4) is 0 Å². The van der Waals surface area contributed by atoms with Gasteiger partial charge in [-0.2, -0.15) is 5.10 Å². The van der Waals surface area contributed by atoms with Crippen LogP contribution in [0, 0.1) is 0 Å². The van der Waals surface area contributed by atoms with Crippen LogP contribution in [-0.2, 0) is 18.3 Å². The number of carbonyl (C=O) groups is 1. The van der Waals surface area contributed by atoms with Gasteiger partial charge in [-0.05, 0) is 48.8 Å². The molecule has 1 heterocycles. The molecule has 2 rings (SSSR count). The van der Waals surface area contributed by atoms with Gasteiger partial charge in [0.1, 0.15) is 5.56 Å². The molecule has 2 aromatic rings. The zero-order chi connectivity index (χ0) is 20.0. The molecule has 1 N–H and O–H groups in total. The van der Waals surface area contributed by atoms with Crippen molar-refractivity contribution < 1.29 is 9.90 Å². The summed E-state index contributed by atoms with van der Waals surface area (Å²) in [5, 5.41) is 14.5. The van der Waals surface area contributed by atoms with Crippen LogP contribution < -0.4 is 0 Å². The number of carboxylic acids is 1. The molecule has 0 saturated heterocycles. The molecule has 0 bridgehead atoms. The Kier molecular flexibility index (Phi) is 7.00. The normalized spacial score (nSPS) is 12.0. The van der Waals surface area contributed by atoms with Gasteiger partial charge in [0.25, 0.3) is 0 Å². The van der Waals surface area contributed by atoms with Crippen LogP contribution >= 0.6 is 0 Å². The minimum Gasteiger partial charge on any atom is -0.478 e. The first kappa shape index (κ1) is 20.9. The lowest BCUT2D eigenvalue weighted by Gasteiger charge is -2.19. The Bertz CT molecular complexity index is 793. The van der Waals surface area contributed by atoms with E-state index in [-0.39, 0.29) is 5.41 Å². The highest BCUT2D eigenvalue weighted by atomic mass is 16.4. The summed E-state index contributed by atoms with van der Waals surface area (Å²) < 4.78 is 1.83. The van der Waals surface area contributed by atoms with Crippen LogP contribution in [0.4, 0.5) is 0 Å². The van der Waals surface area contributed by atoms with Gasteiger partial charge in [-0.3, -0.25) is 0 Å². The molecule has 146 valence electrons. The minimum atomic E-state index is -0.884. The van der Waals surface area contributed by atoms with Crippen LogP contribution in [0.2, 0.25) is 0 Å². The van der Waals surface area contributed by atoms with E-state index in [1.54, 1.807) is 0 Å². The van der Waals surface area contributed by atoms with Gasteiger partial charge in [0, 0.05) is 0 Å². The van der Waals surface area contributed by atoms with Gasteiger partial charge >= 0.3 is 5.97 Å². The number of rotatable bonds is 8. The molecule has 4 heteroatoms. The largest absolute Gasteiger partial charge is 0.478 e. The monoisotopic (exact) mass is 368 g/mol. The summed E-state index contributed by atoms with van der Waals surface area (Å²) in [4.78, 5) is 12.0. The molecule has 0 amide bonds. The van der Waals surface area contributed by atoms with Crippen molar-refractivity contribution in [1.29, 1.82) is 0 Å². The van der Waals surface area contributed by atoms with Crippen molar-refractivity contribution in [2.24, 2.45) is 0 Å². The maximum Gasteiger partial charge on any atom is 0.339 e. The summed E-state index contributed by atoms with van der Waals surface area (Å²) >= 11 is 0. The van der Waals surface area contributed by atoms with Gasteiger partial charge in [0.15, 0.2) is 0 Å². The number of aromatic nitrogens is 2. The van der Waals surface area contributed by atoms with E-state index >= 15 is 0 Å². The SMILES string of the molecule is CCC=CCCc1nn(-c2ccc(C(C)(C)C)cc2)c(CCC)c1C(=O)O. The van der Waals surface area contributed by atoms with Crippen molar-refractivity contribution >= 4 is 5.97 Å². The van der Waals surface area contributed by atoms with Crippen molar-refractivity contribution in [3.05, 3.63) is 58.9 Å². The van der Waals surface area contributed by atoms with E-state index in [0.717, 1.165) is 30.6 Å². The quantitative estimate of drug-likeness (QED) is 0.606. The van der Waals surface area contributed by atoms with Gasteiger partial charge in [0.2, 0.25) is 0 Å². The van der Waals surface area contributed by atoms with Gasteiger partial charge in [-0.25, -0.2) is 9.48 Å². The van der Waals surface area contributed by atoms with Crippen molar-refractivity contribution in [3.8, 4) is 5.69 Å². The minimum absolute atomic E-state index is 0.0812. The Hall–Kier alpha value is -2.36. The summed E-state index contributed by atoms with van der Waals surface area (Å²) in [5.74, 6) is -0.884. The zero-order valence-corrected chi connectivity index (χ0v) is 17.2. The molecule has 1 aromatic carbocycles. The summed E-state index contributed by atoms with van der Waals surface area (Å²) in [6.45, 7) is 10.7. The van der Waals surface area contributed by atoms with E-state index in [0.29, 0.717) is 24.1 Å². The van der Waals surface area contributed by atoms with E-state index in [9.17, 15) is 9.90 Å². The predicted molar refractivity (Wildman–Crippen MR) is 111 cm³/mol. The average molecular weight is 369 g/mol. The maximum absolute atomic E-state index is 12.0. The highest BCUT2D eigenvalue weighted by molar-refractivity contribution is 5.90. The van der Waals surface area contributed by atoms with Gasteiger partial charge < -0.3 is 5.11 Å². The Morgan fingerprint density at radius 3 is 2.30 bits per heavy atom. The van der Waals surface area contributed by atoms with Gasteiger partial charge in [0.05, 0.1) is 17.1 Å². The molecule has 0 fully saturated rings. The molecule has 0 atom stereocenters. The number of benzene rings is 1. The zero-order valence-electron chi connectivity index (χ0n) is 17.2. The third kappa shape index (κ3) is 5.09. The molecule has 1 aromatic heterocycles. The molecule has 0 aliphatic carbocycles. The number of aryl methyl sites for hydroxylation is 1. The highest BCUT2D eigenvalue weighted by Gasteiger charge is 2.23. The lowest BCUT2D eigenvalue weighted by Crippen LogP contribution is -2.11. The molecular weight excluding hydrogens is 336 g/mol. The number of aromatic carboxylic acids is 1. The second-order valence-corrected chi connectivity index (χ2v) is 7.95. The van der Waals surface area contributed by atoms with E-state index < -0.39 is 5.97 Å². The standard InChI is InChI=1S/C23H32N2O2/c1-6-8-9-10-12-19-21(22(26)27)20(11-7-2)25(24-19)18-15-13-17(14-16-18)23(3,4)5/h8-9,13-16H,6-7,10-12H2,1-5H3,(H,26,27). The molecule has 4 nitrogen and oxygen atoms in total. The second kappa shape index (κ2) is 9.03. The highest BCUT2D eigenvalue weighted by Crippen LogP contribution is 2.26. The number of carboxylic acid groups (broad SMARTS) is 1. The van der Waals surface area contributed by atoms with Crippen molar-refractivity contribution in [2.75, 3.05) is 0 Å². The fraction of sp³-hybridized carbons (Fsp3) is 0.478. The lowest BCUT2D eigenvalue weighted by atomic mass is 9.87. The average Bonchev–Trinajstić information content (AvgIpc) is 2.97. The first-order valence-electron chi connectivity index (χ1n) is 9.89. The van der Waals surface area contributed by atoms with Crippen LogP contribution in [0.1, 0.15) is 81.2 Å². The third-order valence-electron chi connectivity index (χ3n) is 4.68. The van der Waals surface area contributed by atoms with E-state index in [1.807, 2.05) is 16.8 Å². The summed E-state index contributed by atoms with van der Waals surface area (Å²) in [6, 6.07) is 8.30. The Morgan fingerprint density at radius 1 is 1.11 bits per heavy atom. The van der Waals surface area contributed by atoms with E-state index in [2.05, 4.69) is 58.9 Å². The van der Waals surface area contributed by atoms with Crippen LogP contribution in [-0.4, -0.2) is 20.9 Å². The smallest absolute Gasteiger partial charge is 0.339 e. The van der Waals surface area contributed by atoms with Gasteiger partial charge in [-0.1, -0.05) is 65.3 Å². The molecule has 0 unspecified atom stereocenters. The van der Waals surface area contributed by atoms with Crippen LogP contribution in [0.5, 0.6) is 0 Å². The molecule has 0 radical (unpaired) electrons. The molecular formula is C23H32N2O2. The van der Waals surface area contributed by atoms with Gasteiger partial charge in [-0.15, -0.1) is 0 Å². The van der Waals surface area contributed by atoms with Crippen molar-refractivity contribution in [2.45, 2.75) is 72.1 Å². The Morgan fingerprint density at radius 2 is 1.78 bits per heavy atom. The number of nitrogens with zero attached hydrogens (tertiary/aromatic N) is 2. The van der Waals surface area contributed by atoms with Crippen LogP contribution in [0.15, 0.2) is 36.4 Å². The number of allylic oxidation sites excluding steroid dienone is 2. The first-order valence-corrected chi connectivity index (χ1v) is 9.89. The lowest BCUT2D eigenvalue weighted by molar-refractivity contribution is 0.0694. The van der Waals surface area contributed by atoms with E-state index in [1.165, 1.54) is 5.56 Å². The molecule has 0 spiro atoms. The predicted octanol–water partition coefficient (Wildman–Crippen LogP) is 5.72. The van der Waals surface area contributed by atoms with E-state index in [4.69, 9.17) is 5.10 Å². The topological polar surface area (TPSA) is 55.1 Å². The summed E-state index contributed by atoms with van der Waals surface area (Å²) in [5.41, 5.74) is 4.09. The molecule has 0 saturated carbocycles. The molecule has 0 aliphatic rings. The third-order valence-corrected chi connectivity index (χ3v) is 4.68. The number of hydrogen-bond donors (Lipinski definition) is 1.